The fourth-order valence-corrected chi connectivity index (χ4v) is 3.15. The molecule has 0 bridgehead atoms. The first kappa shape index (κ1) is 17.9. The lowest BCUT2D eigenvalue weighted by molar-refractivity contribution is -0.115. The molecule has 3 rings (SSSR count). The summed E-state index contributed by atoms with van der Waals surface area (Å²) in [4.78, 5) is 20.8. The fourth-order valence-electron chi connectivity index (χ4n) is 2.30. The van der Waals surface area contributed by atoms with Gasteiger partial charge in [0.15, 0.2) is 5.82 Å². The number of phenolic OH excluding ortho intramolecular Hbond substituents is 1. The average Bonchev–Trinajstić information content (AvgIpc) is 2.67. The number of rotatable bonds is 6. The molecule has 0 aliphatic carbocycles. The van der Waals surface area contributed by atoms with Gasteiger partial charge in [0.1, 0.15) is 5.75 Å². The molecule has 6 heteroatoms. The normalized spacial score (nSPS) is 11.7. The van der Waals surface area contributed by atoms with Gasteiger partial charge in [-0.3, -0.25) is 4.79 Å². The van der Waals surface area contributed by atoms with Crippen molar-refractivity contribution < 1.29 is 9.90 Å². The molecule has 132 valence electrons. The van der Waals surface area contributed by atoms with Gasteiger partial charge in [-0.25, -0.2) is 9.97 Å². The van der Waals surface area contributed by atoms with Gasteiger partial charge < -0.3 is 10.4 Å². The van der Waals surface area contributed by atoms with Gasteiger partial charge in [0.05, 0.1) is 23.3 Å². The number of benzene rings is 2. The van der Waals surface area contributed by atoms with E-state index in [1.54, 1.807) is 42.4 Å². The molecule has 1 unspecified atom stereocenters. The molecule has 1 aromatic heterocycles. The van der Waals surface area contributed by atoms with E-state index in [0.29, 0.717) is 11.5 Å². The summed E-state index contributed by atoms with van der Waals surface area (Å²) < 4.78 is 0. The van der Waals surface area contributed by atoms with Crippen LogP contribution in [0.1, 0.15) is 12.5 Å². The van der Waals surface area contributed by atoms with Gasteiger partial charge in [0.25, 0.3) is 0 Å². The van der Waals surface area contributed by atoms with Crippen LogP contribution in [0.4, 0.5) is 5.69 Å². The number of nitrogens with zero attached hydrogens (tertiary/aromatic N) is 2. The number of carbonyl (C=O) groups excluding carboxylic acids is 1. The first-order chi connectivity index (χ1) is 12.6. The Balaban J connectivity index is 1.57. The molecule has 0 saturated carbocycles. The zero-order valence-electron chi connectivity index (χ0n) is 14.3. The lowest BCUT2D eigenvalue weighted by Gasteiger charge is -2.12. The van der Waals surface area contributed by atoms with Crippen LogP contribution in [0.2, 0.25) is 0 Å². The van der Waals surface area contributed by atoms with Gasteiger partial charge in [-0.1, -0.05) is 42.5 Å². The summed E-state index contributed by atoms with van der Waals surface area (Å²) in [6, 6.07) is 16.8. The van der Waals surface area contributed by atoms with Crippen LogP contribution in [-0.4, -0.2) is 26.2 Å². The van der Waals surface area contributed by atoms with E-state index in [1.807, 2.05) is 43.3 Å². The quantitative estimate of drug-likeness (QED) is 0.687. The number of thioether (sulfide) groups is 1. The van der Waals surface area contributed by atoms with Crippen LogP contribution in [0.25, 0.3) is 11.4 Å². The van der Waals surface area contributed by atoms with Crippen molar-refractivity contribution in [2.75, 3.05) is 5.32 Å². The highest BCUT2D eigenvalue weighted by atomic mass is 32.2. The molecule has 2 aromatic carbocycles. The molecule has 2 N–H and O–H groups in total. The molecule has 0 fully saturated rings. The van der Waals surface area contributed by atoms with Crippen molar-refractivity contribution in [2.24, 2.45) is 0 Å². The standard InChI is InChI=1S/C20H19N3O2S/c1-14(26-13-15-6-3-2-4-7-15)20(25)23-17-11-21-19(22-12-17)16-8-5-9-18(24)10-16/h2-12,14,24H,13H2,1H3,(H,23,25). The van der Waals surface area contributed by atoms with Crippen LogP contribution < -0.4 is 5.32 Å². The molecule has 0 radical (unpaired) electrons. The van der Waals surface area contributed by atoms with Crippen LogP contribution in [0.3, 0.4) is 0 Å². The predicted molar refractivity (Wildman–Crippen MR) is 105 cm³/mol. The lowest BCUT2D eigenvalue weighted by Crippen LogP contribution is -2.22. The summed E-state index contributed by atoms with van der Waals surface area (Å²) in [6.45, 7) is 1.88. The summed E-state index contributed by atoms with van der Waals surface area (Å²) in [6.07, 6.45) is 3.14. The minimum absolute atomic E-state index is 0.0837. The third kappa shape index (κ3) is 4.83. The number of aromatic nitrogens is 2. The van der Waals surface area contributed by atoms with Crippen LogP contribution in [-0.2, 0) is 10.5 Å². The number of nitrogens with one attached hydrogen (secondary N) is 1. The summed E-state index contributed by atoms with van der Waals surface area (Å²) in [5.41, 5.74) is 2.46. The molecule has 1 heterocycles. The largest absolute Gasteiger partial charge is 0.508 e. The van der Waals surface area contributed by atoms with E-state index in [9.17, 15) is 9.90 Å². The Morgan fingerprint density at radius 2 is 1.85 bits per heavy atom. The van der Waals surface area contributed by atoms with E-state index in [-0.39, 0.29) is 16.9 Å². The Bertz CT molecular complexity index is 870. The van der Waals surface area contributed by atoms with Gasteiger partial charge in [0.2, 0.25) is 5.91 Å². The minimum atomic E-state index is -0.194. The smallest absolute Gasteiger partial charge is 0.237 e. The van der Waals surface area contributed by atoms with Crippen LogP contribution in [0.15, 0.2) is 67.0 Å². The number of carbonyl (C=O) groups is 1. The SMILES string of the molecule is CC(SCc1ccccc1)C(=O)Nc1cnc(-c2cccc(O)c2)nc1. The van der Waals surface area contributed by atoms with E-state index in [0.717, 1.165) is 11.3 Å². The number of amides is 1. The van der Waals surface area contributed by atoms with E-state index in [2.05, 4.69) is 15.3 Å². The van der Waals surface area contributed by atoms with Crippen LogP contribution in [0.5, 0.6) is 5.75 Å². The molecule has 26 heavy (non-hydrogen) atoms. The van der Waals surface area contributed by atoms with E-state index < -0.39 is 0 Å². The molecule has 0 aliphatic rings. The summed E-state index contributed by atoms with van der Waals surface area (Å²) >= 11 is 1.58. The number of hydrogen-bond donors (Lipinski definition) is 2. The summed E-state index contributed by atoms with van der Waals surface area (Å²) in [5.74, 6) is 1.35. The number of hydrogen-bond acceptors (Lipinski definition) is 5. The van der Waals surface area contributed by atoms with E-state index in [1.165, 1.54) is 5.56 Å². The molecule has 3 aromatic rings. The highest BCUT2D eigenvalue weighted by Gasteiger charge is 2.14. The Labute approximate surface area is 156 Å². The first-order valence-corrected chi connectivity index (χ1v) is 9.24. The Morgan fingerprint density at radius 1 is 1.12 bits per heavy atom. The summed E-state index contributed by atoms with van der Waals surface area (Å²) in [7, 11) is 0. The number of phenols is 1. The highest BCUT2D eigenvalue weighted by Crippen LogP contribution is 2.21. The van der Waals surface area contributed by atoms with E-state index >= 15 is 0 Å². The Hall–Kier alpha value is -2.86. The molecular formula is C20H19N3O2S. The monoisotopic (exact) mass is 365 g/mol. The predicted octanol–water partition coefficient (Wildman–Crippen LogP) is 4.11. The van der Waals surface area contributed by atoms with Crippen molar-refractivity contribution in [2.45, 2.75) is 17.9 Å². The maximum absolute atomic E-state index is 12.3. The number of anilines is 1. The van der Waals surface area contributed by atoms with Gasteiger partial charge in [-0.15, -0.1) is 11.8 Å². The van der Waals surface area contributed by atoms with Crippen LogP contribution in [0, 0.1) is 0 Å². The molecule has 1 atom stereocenters. The minimum Gasteiger partial charge on any atom is -0.508 e. The third-order valence-corrected chi connectivity index (χ3v) is 4.95. The second-order valence-electron chi connectivity index (χ2n) is 5.77. The molecule has 0 spiro atoms. The Kier molecular flexibility index (Phi) is 5.86. The second-order valence-corrected chi connectivity index (χ2v) is 7.10. The topological polar surface area (TPSA) is 75.1 Å². The van der Waals surface area contributed by atoms with Crippen LogP contribution >= 0.6 is 11.8 Å². The van der Waals surface area contributed by atoms with Crippen molar-refractivity contribution in [1.29, 1.82) is 0 Å². The Morgan fingerprint density at radius 3 is 2.54 bits per heavy atom. The lowest BCUT2D eigenvalue weighted by atomic mass is 10.2. The highest BCUT2D eigenvalue weighted by molar-refractivity contribution is 7.99. The first-order valence-electron chi connectivity index (χ1n) is 8.19. The maximum atomic E-state index is 12.3. The summed E-state index contributed by atoms with van der Waals surface area (Å²) in [5, 5.41) is 12.2. The van der Waals surface area contributed by atoms with Gasteiger partial charge in [-0.05, 0) is 24.6 Å². The fraction of sp³-hybridized carbons (Fsp3) is 0.150. The molecule has 0 saturated heterocycles. The molecule has 0 aliphatic heterocycles. The zero-order valence-corrected chi connectivity index (χ0v) is 15.1. The zero-order chi connectivity index (χ0) is 18.4. The maximum Gasteiger partial charge on any atom is 0.237 e. The van der Waals surface area contributed by atoms with Crippen molar-refractivity contribution in [3.8, 4) is 17.1 Å². The van der Waals surface area contributed by atoms with Crippen molar-refractivity contribution in [1.82, 2.24) is 9.97 Å². The molecule has 1 amide bonds. The van der Waals surface area contributed by atoms with Gasteiger partial charge >= 0.3 is 0 Å². The van der Waals surface area contributed by atoms with Gasteiger partial charge in [0, 0.05) is 11.3 Å². The van der Waals surface area contributed by atoms with Crippen molar-refractivity contribution >= 4 is 23.4 Å². The number of aromatic hydroxyl groups is 1. The van der Waals surface area contributed by atoms with E-state index in [4.69, 9.17) is 0 Å². The molecular weight excluding hydrogens is 346 g/mol. The second kappa shape index (κ2) is 8.49. The third-order valence-electron chi connectivity index (χ3n) is 3.74. The molecule has 5 nitrogen and oxygen atoms in total. The van der Waals surface area contributed by atoms with Crippen molar-refractivity contribution in [3.05, 3.63) is 72.6 Å². The van der Waals surface area contributed by atoms with Gasteiger partial charge in [-0.2, -0.15) is 0 Å². The average molecular weight is 365 g/mol. The van der Waals surface area contributed by atoms with Crippen molar-refractivity contribution in [3.63, 3.8) is 0 Å².